The first-order valence-electron chi connectivity index (χ1n) is 3.78. The molecule has 0 atom stereocenters. The topological polar surface area (TPSA) is 35.9 Å². The number of anilines is 1. The van der Waals surface area contributed by atoms with E-state index in [4.69, 9.17) is 17.0 Å². The van der Waals surface area contributed by atoms with E-state index in [9.17, 15) is 0 Å². The van der Waals surface area contributed by atoms with Crippen LogP contribution in [0.15, 0.2) is 16.6 Å². The molecule has 1 rings (SSSR count). The minimum Gasteiger partial charge on any atom is -0.388 e. The monoisotopic (exact) mass is 260 g/mol. The van der Waals surface area contributed by atoms with Crippen molar-refractivity contribution in [3.63, 3.8) is 0 Å². The summed E-state index contributed by atoms with van der Waals surface area (Å²) in [5, 5.41) is 11.2. The molecule has 0 unspecified atom stereocenters. The Hall–Kier alpha value is -0.540. The number of hydrogen-bond donors (Lipinski definition) is 2. The number of hydrogen-bond acceptors (Lipinski definition) is 2. The van der Waals surface area contributed by atoms with E-state index in [1.54, 1.807) is 13.0 Å². The lowest BCUT2D eigenvalue weighted by Crippen LogP contribution is -2.00. The number of rotatable bonds is 2. The molecule has 0 heterocycles. The van der Waals surface area contributed by atoms with Crippen LogP contribution in [0.1, 0.15) is 12.5 Å². The van der Waals surface area contributed by atoms with E-state index in [1.807, 2.05) is 13.1 Å². The van der Waals surface area contributed by atoms with E-state index in [1.165, 1.54) is 0 Å². The molecule has 0 radical (unpaired) electrons. The van der Waals surface area contributed by atoms with Crippen molar-refractivity contribution in [2.45, 2.75) is 6.92 Å². The summed E-state index contributed by atoms with van der Waals surface area (Å²) in [6, 6.07) is 3.65. The molecule has 0 amide bonds. The predicted octanol–water partition coefficient (Wildman–Crippen LogP) is 3.53. The molecule has 0 aliphatic heterocycles. The molecule has 70 valence electrons. The maximum absolute atomic E-state index is 7.53. The van der Waals surface area contributed by atoms with Crippen LogP contribution in [0.3, 0.4) is 0 Å². The molecular weight excluding hydrogens is 251 g/mol. The molecule has 1 aromatic carbocycles. The first-order chi connectivity index (χ1) is 6.06. The molecular formula is C9H10BrClN2. The van der Waals surface area contributed by atoms with E-state index < -0.39 is 0 Å². The fraction of sp³-hybridized carbons (Fsp3) is 0.222. The van der Waals surface area contributed by atoms with Crippen molar-refractivity contribution in [1.29, 1.82) is 5.41 Å². The van der Waals surface area contributed by atoms with Crippen LogP contribution in [-0.4, -0.2) is 12.8 Å². The van der Waals surface area contributed by atoms with Crippen molar-refractivity contribution in [1.82, 2.24) is 0 Å². The second-order valence-electron chi connectivity index (χ2n) is 2.69. The molecule has 0 spiro atoms. The van der Waals surface area contributed by atoms with Gasteiger partial charge in [-0.1, -0.05) is 11.6 Å². The largest absolute Gasteiger partial charge is 0.388 e. The van der Waals surface area contributed by atoms with Crippen LogP contribution in [0.5, 0.6) is 0 Å². The third kappa shape index (κ3) is 2.23. The maximum Gasteiger partial charge on any atom is 0.0556 e. The van der Waals surface area contributed by atoms with Gasteiger partial charge in [0, 0.05) is 28.5 Å². The lowest BCUT2D eigenvalue weighted by Gasteiger charge is -2.09. The van der Waals surface area contributed by atoms with Crippen LogP contribution < -0.4 is 5.32 Å². The summed E-state index contributed by atoms with van der Waals surface area (Å²) in [6.07, 6.45) is 0. The van der Waals surface area contributed by atoms with Gasteiger partial charge in [0.1, 0.15) is 0 Å². The van der Waals surface area contributed by atoms with Gasteiger partial charge in [-0.25, -0.2) is 0 Å². The Morgan fingerprint density at radius 1 is 1.54 bits per heavy atom. The van der Waals surface area contributed by atoms with Gasteiger partial charge < -0.3 is 10.7 Å². The van der Waals surface area contributed by atoms with Gasteiger partial charge in [-0.15, -0.1) is 0 Å². The summed E-state index contributed by atoms with van der Waals surface area (Å²) >= 11 is 9.24. The number of benzene rings is 1. The quantitative estimate of drug-likeness (QED) is 0.785. The van der Waals surface area contributed by atoms with Crippen molar-refractivity contribution < 1.29 is 0 Å². The highest BCUT2D eigenvalue weighted by atomic mass is 79.9. The summed E-state index contributed by atoms with van der Waals surface area (Å²) in [5.41, 5.74) is 2.23. The van der Waals surface area contributed by atoms with Crippen molar-refractivity contribution >= 4 is 38.9 Å². The Morgan fingerprint density at radius 3 is 2.62 bits per heavy atom. The molecule has 0 aliphatic carbocycles. The van der Waals surface area contributed by atoms with Gasteiger partial charge in [-0.3, -0.25) is 0 Å². The van der Waals surface area contributed by atoms with E-state index in [0.717, 1.165) is 15.7 Å². The molecule has 0 fully saturated rings. The first kappa shape index (κ1) is 10.5. The molecule has 0 aromatic heterocycles. The van der Waals surface area contributed by atoms with Crippen molar-refractivity contribution in [3.8, 4) is 0 Å². The zero-order chi connectivity index (χ0) is 10.0. The summed E-state index contributed by atoms with van der Waals surface area (Å²) in [6.45, 7) is 1.74. The van der Waals surface area contributed by atoms with Gasteiger partial charge in [0.05, 0.1) is 5.02 Å². The van der Waals surface area contributed by atoms with Crippen molar-refractivity contribution in [2.24, 2.45) is 0 Å². The lowest BCUT2D eigenvalue weighted by atomic mass is 10.1. The molecule has 2 nitrogen and oxygen atoms in total. The zero-order valence-electron chi connectivity index (χ0n) is 7.41. The van der Waals surface area contributed by atoms with E-state index >= 15 is 0 Å². The highest BCUT2D eigenvalue weighted by Gasteiger charge is 2.07. The Morgan fingerprint density at radius 2 is 2.15 bits per heavy atom. The van der Waals surface area contributed by atoms with Gasteiger partial charge in [0.2, 0.25) is 0 Å². The molecule has 2 N–H and O–H groups in total. The molecule has 0 bridgehead atoms. The minimum absolute atomic E-state index is 0.499. The van der Waals surface area contributed by atoms with E-state index in [-0.39, 0.29) is 0 Å². The summed E-state index contributed by atoms with van der Waals surface area (Å²) in [5.74, 6) is 0. The van der Waals surface area contributed by atoms with Crippen LogP contribution in [-0.2, 0) is 0 Å². The fourth-order valence-electron chi connectivity index (χ4n) is 1.06. The normalized spacial score (nSPS) is 9.85. The van der Waals surface area contributed by atoms with Crippen LogP contribution >= 0.6 is 27.5 Å². The number of nitrogens with one attached hydrogen (secondary N) is 2. The average molecular weight is 262 g/mol. The maximum atomic E-state index is 7.53. The van der Waals surface area contributed by atoms with Gasteiger partial charge in [0.25, 0.3) is 0 Å². The van der Waals surface area contributed by atoms with Crippen molar-refractivity contribution in [3.05, 3.63) is 27.2 Å². The molecule has 13 heavy (non-hydrogen) atoms. The number of halogens is 2. The predicted molar refractivity (Wildman–Crippen MR) is 61.2 cm³/mol. The van der Waals surface area contributed by atoms with Crippen LogP contribution in [0.25, 0.3) is 0 Å². The van der Waals surface area contributed by atoms with Gasteiger partial charge in [-0.2, -0.15) is 0 Å². The Kier molecular flexibility index (Phi) is 3.33. The fourth-order valence-corrected chi connectivity index (χ4v) is 1.57. The second-order valence-corrected chi connectivity index (χ2v) is 3.95. The van der Waals surface area contributed by atoms with Crippen LogP contribution in [0.4, 0.5) is 5.69 Å². The van der Waals surface area contributed by atoms with Crippen LogP contribution in [0.2, 0.25) is 5.02 Å². The Balaban J connectivity index is 3.33. The van der Waals surface area contributed by atoms with E-state index in [2.05, 4.69) is 21.2 Å². The van der Waals surface area contributed by atoms with Crippen molar-refractivity contribution in [2.75, 3.05) is 12.4 Å². The molecule has 0 saturated carbocycles. The Labute approximate surface area is 90.9 Å². The first-order valence-corrected chi connectivity index (χ1v) is 4.95. The van der Waals surface area contributed by atoms with Gasteiger partial charge in [-0.05, 0) is 35.0 Å². The van der Waals surface area contributed by atoms with Gasteiger partial charge >= 0.3 is 0 Å². The highest BCUT2D eigenvalue weighted by molar-refractivity contribution is 9.10. The third-order valence-corrected chi connectivity index (χ3v) is 2.93. The van der Waals surface area contributed by atoms with Gasteiger partial charge in [0.15, 0.2) is 0 Å². The molecule has 4 heteroatoms. The summed E-state index contributed by atoms with van der Waals surface area (Å²) in [4.78, 5) is 0. The molecule has 0 saturated heterocycles. The molecule has 1 aromatic rings. The standard InChI is InChI=1S/C9H10BrClN2/c1-5(12)6-3-8(11)7(10)4-9(6)13-2/h3-4,12-13H,1-2H3. The zero-order valence-corrected chi connectivity index (χ0v) is 9.75. The third-order valence-electron chi connectivity index (χ3n) is 1.73. The smallest absolute Gasteiger partial charge is 0.0556 e. The van der Waals surface area contributed by atoms with Crippen LogP contribution in [0, 0.1) is 5.41 Å². The van der Waals surface area contributed by atoms with E-state index in [0.29, 0.717) is 10.7 Å². The molecule has 0 aliphatic rings. The average Bonchev–Trinajstić information content (AvgIpc) is 2.08. The Bertz CT molecular complexity index is 350. The highest BCUT2D eigenvalue weighted by Crippen LogP contribution is 2.29. The lowest BCUT2D eigenvalue weighted by molar-refractivity contribution is 1.42. The second kappa shape index (κ2) is 4.11. The minimum atomic E-state index is 0.499. The SMILES string of the molecule is CNc1cc(Br)c(Cl)cc1C(C)=N. The summed E-state index contributed by atoms with van der Waals surface area (Å²) in [7, 11) is 1.82. The summed E-state index contributed by atoms with van der Waals surface area (Å²) < 4.78 is 0.837.